The molecule has 0 aliphatic heterocycles. The summed E-state index contributed by atoms with van der Waals surface area (Å²) in [5.41, 5.74) is 5.72. The first-order valence-corrected chi connectivity index (χ1v) is 6.16. The molecule has 1 aromatic heterocycles. The van der Waals surface area contributed by atoms with Gasteiger partial charge in [0, 0.05) is 5.92 Å². The molecule has 3 N–H and O–H groups in total. The molecule has 0 amide bonds. The van der Waals surface area contributed by atoms with Crippen molar-refractivity contribution in [1.82, 2.24) is 0 Å². The van der Waals surface area contributed by atoms with Crippen molar-refractivity contribution < 1.29 is 9.52 Å². The molecule has 1 atom stereocenters. The summed E-state index contributed by atoms with van der Waals surface area (Å²) >= 11 is 0. The molecule has 1 heterocycles. The third-order valence-electron chi connectivity index (χ3n) is 3.63. The smallest absolute Gasteiger partial charge is 0.123 e. The number of furan rings is 1. The maximum Gasteiger partial charge on any atom is 0.123 e. The molecule has 0 saturated heterocycles. The Balaban J connectivity index is 2.01. The summed E-state index contributed by atoms with van der Waals surface area (Å²) in [4.78, 5) is 0. The fourth-order valence-electron chi connectivity index (χ4n) is 2.42. The number of rotatable bonds is 3. The summed E-state index contributed by atoms with van der Waals surface area (Å²) in [6.45, 7) is 2.25. The molecule has 3 nitrogen and oxygen atoms in total. The molecule has 3 heteroatoms. The van der Waals surface area contributed by atoms with E-state index in [1.807, 2.05) is 12.1 Å². The molecule has 1 aliphatic rings. The second-order valence-electron chi connectivity index (χ2n) is 4.99. The van der Waals surface area contributed by atoms with Crippen LogP contribution in [-0.2, 0) is 0 Å². The summed E-state index contributed by atoms with van der Waals surface area (Å²) in [5.74, 6) is 3.16. The van der Waals surface area contributed by atoms with E-state index in [1.165, 1.54) is 25.7 Å². The van der Waals surface area contributed by atoms with Crippen LogP contribution in [0.3, 0.4) is 0 Å². The number of aliphatic hydroxyl groups excluding tert-OH is 1. The third-order valence-corrected chi connectivity index (χ3v) is 3.63. The summed E-state index contributed by atoms with van der Waals surface area (Å²) in [7, 11) is 0. The highest BCUT2D eigenvalue weighted by Crippen LogP contribution is 2.36. The number of nitrogens with two attached hydrogens (primary N) is 1. The van der Waals surface area contributed by atoms with E-state index >= 15 is 0 Å². The van der Waals surface area contributed by atoms with Gasteiger partial charge in [0.2, 0.25) is 0 Å². The Morgan fingerprint density at radius 3 is 2.69 bits per heavy atom. The van der Waals surface area contributed by atoms with Gasteiger partial charge in [0.15, 0.2) is 0 Å². The highest BCUT2D eigenvalue weighted by molar-refractivity contribution is 5.14. The highest BCUT2D eigenvalue weighted by atomic mass is 16.3. The standard InChI is InChI=1S/C13H21NO2/c1-9-2-4-10(5-3-9)12-6-7-13(16-12)11(14)8-15/h6-7,9-11,15H,2-5,8,14H2,1H3. The maximum absolute atomic E-state index is 8.96. The van der Waals surface area contributed by atoms with Crippen molar-refractivity contribution in [3.05, 3.63) is 23.7 Å². The van der Waals surface area contributed by atoms with Crippen molar-refractivity contribution in [1.29, 1.82) is 0 Å². The topological polar surface area (TPSA) is 59.4 Å². The van der Waals surface area contributed by atoms with Gasteiger partial charge in [0.05, 0.1) is 12.6 Å². The van der Waals surface area contributed by atoms with Crippen molar-refractivity contribution in [3.8, 4) is 0 Å². The third kappa shape index (κ3) is 2.47. The van der Waals surface area contributed by atoms with Gasteiger partial charge in [-0.25, -0.2) is 0 Å². The first kappa shape index (κ1) is 11.7. The van der Waals surface area contributed by atoms with E-state index in [-0.39, 0.29) is 12.6 Å². The SMILES string of the molecule is CC1CCC(c2ccc(C(N)CO)o2)CC1. The van der Waals surface area contributed by atoms with Gasteiger partial charge in [-0.15, -0.1) is 0 Å². The Bertz CT molecular complexity index is 326. The lowest BCUT2D eigenvalue weighted by atomic mass is 9.82. The quantitative estimate of drug-likeness (QED) is 0.828. The second kappa shape index (κ2) is 5.02. The van der Waals surface area contributed by atoms with Gasteiger partial charge < -0.3 is 15.3 Å². The van der Waals surface area contributed by atoms with E-state index in [0.717, 1.165) is 11.7 Å². The molecular formula is C13H21NO2. The van der Waals surface area contributed by atoms with Crippen molar-refractivity contribution in [3.63, 3.8) is 0 Å². The fourth-order valence-corrected chi connectivity index (χ4v) is 2.42. The molecule has 90 valence electrons. The van der Waals surface area contributed by atoms with E-state index in [2.05, 4.69) is 6.92 Å². The van der Waals surface area contributed by atoms with E-state index in [0.29, 0.717) is 11.7 Å². The van der Waals surface area contributed by atoms with E-state index in [1.54, 1.807) is 0 Å². The predicted molar refractivity (Wildman–Crippen MR) is 63.1 cm³/mol. The Kier molecular flexibility index (Phi) is 3.66. The average molecular weight is 223 g/mol. The minimum Gasteiger partial charge on any atom is -0.464 e. The molecular weight excluding hydrogens is 202 g/mol. The minimum atomic E-state index is -0.378. The zero-order valence-corrected chi connectivity index (χ0v) is 9.86. The molecule has 1 saturated carbocycles. The van der Waals surface area contributed by atoms with Gasteiger partial charge >= 0.3 is 0 Å². The van der Waals surface area contributed by atoms with Gasteiger partial charge in [0.1, 0.15) is 11.5 Å². The van der Waals surface area contributed by atoms with Crippen LogP contribution in [-0.4, -0.2) is 11.7 Å². The predicted octanol–water partition coefficient (Wildman–Crippen LogP) is 2.57. The van der Waals surface area contributed by atoms with Crippen LogP contribution in [0.2, 0.25) is 0 Å². The largest absolute Gasteiger partial charge is 0.464 e. The molecule has 0 bridgehead atoms. The molecule has 1 aromatic rings. The molecule has 0 spiro atoms. The fraction of sp³-hybridized carbons (Fsp3) is 0.692. The monoisotopic (exact) mass is 223 g/mol. The molecule has 1 fully saturated rings. The normalized spacial score (nSPS) is 27.9. The van der Waals surface area contributed by atoms with Crippen LogP contribution in [0.5, 0.6) is 0 Å². The first-order chi connectivity index (χ1) is 7.70. The van der Waals surface area contributed by atoms with Gasteiger partial charge in [-0.05, 0) is 30.9 Å². The lowest BCUT2D eigenvalue weighted by Gasteiger charge is -2.24. The summed E-state index contributed by atoms with van der Waals surface area (Å²) in [5, 5.41) is 8.96. The molecule has 0 radical (unpaired) electrons. The second-order valence-corrected chi connectivity index (χ2v) is 4.99. The zero-order valence-electron chi connectivity index (χ0n) is 9.86. The minimum absolute atomic E-state index is 0.0609. The summed E-state index contributed by atoms with van der Waals surface area (Å²) in [6, 6.07) is 3.54. The van der Waals surface area contributed by atoms with Crippen molar-refractivity contribution in [2.45, 2.75) is 44.6 Å². The number of aliphatic hydroxyl groups is 1. The number of hydrogen-bond donors (Lipinski definition) is 2. The Morgan fingerprint density at radius 1 is 1.38 bits per heavy atom. The Hall–Kier alpha value is -0.800. The Morgan fingerprint density at radius 2 is 2.06 bits per heavy atom. The van der Waals surface area contributed by atoms with Crippen LogP contribution in [0.1, 0.15) is 56.1 Å². The van der Waals surface area contributed by atoms with E-state index < -0.39 is 0 Å². The molecule has 16 heavy (non-hydrogen) atoms. The van der Waals surface area contributed by atoms with Crippen LogP contribution in [0.15, 0.2) is 16.5 Å². The van der Waals surface area contributed by atoms with E-state index in [9.17, 15) is 0 Å². The van der Waals surface area contributed by atoms with Crippen molar-refractivity contribution in [2.24, 2.45) is 11.7 Å². The summed E-state index contributed by atoms with van der Waals surface area (Å²) in [6.07, 6.45) is 4.99. The molecule has 0 aromatic carbocycles. The van der Waals surface area contributed by atoms with Gasteiger partial charge in [-0.1, -0.05) is 19.8 Å². The zero-order chi connectivity index (χ0) is 11.5. The van der Waals surface area contributed by atoms with Crippen molar-refractivity contribution in [2.75, 3.05) is 6.61 Å². The maximum atomic E-state index is 8.96. The van der Waals surface area contributed by atoms with Crippen LogP contribution in [0.25, 0.3) is 0 Å². The average Bonchev–Trinajstić information content (AvgIpc) is 2.78. The first-order valence-electron chi connectivity index (χ1n) is 6.16. The highest BCUT2D eigenvalue weighted by Gasteiger charge is 2.22. The van der Waals surface area contributed by atoms with Crippen LogP contribution in [0.4, 0.5) is 0 Å². The molecule has 1 aliphatic carbocycles. The number of hydrogen-bond acceptors (Lipinski definition) is 3. The summed E-state index contributed by atoms with van der Waals surface area (Å²) < 4.78 is 5.73. The van der Waals surface area contributed by atoms with Crippen molar-refractivity contribution >= 4 is 0 Å². The van der Waals surface area contributed by atoms with Crippen LogP contribution >= 0.6 is 0 Å². The lowest BCUT2D eigenvalue weighted by Crippen LogP contribution is -2.13. The van der Waals surface area contributed by atoms with E-state index in [4.69, 9.17) is 15.3 Å². The van der Waals surface area contributed by atoms with Gasteiger partial charge in [0.25, 0.3) is 0 Å². The Labute approximate surface area is 96.6 Å². The van der Waals surface area contributed by atoms with Gasteiger partial charge in [-0.3, -0.25) is 0 Å². The van der Waals surface area contributed by atoms with Gasteiger partial charge in [-0.2, -0.15) is 0 Å². The molecule has 2 rings (SSSR count). The van der Waals surface area contributed by atoms with Crippen LogP contribution < -0.4 is 5.73 Å². The lowest BCUT2D eigenvalue weighted by molar-refractivity contribution is 0.244. The molecule has 1 unspecified atom stereocenters. The van der Waals surface area contributed by atoms with Crippen LogP contribution in [0, 0.1) is 5.92 Å².